The normalized spacial score (nSPS) is 10.4. The largest absolute Gasteiger partial charge is 0.494 e. The third kappa shape index (κ3) is 7.78. The second kappa shape index (κ2) is 11.3. The van der Waals surface area contributed by atoms with E-state index in [-0.39, 0.29) is 18.3 Å². The number of carbonyl (C=O) groups is 2. The van der Waals surface area contributed by atoms with Gasteiger partial charge in [-0.2, -0.15) is 0 Å². The highest BCUT2D eigenvalue weighted by atomic mass is 32.1. The maximum absolute atomic E-state index is 12.0. The molecule has 0 saturated heterocycles. The molecule has 0 aliphatic heterocycles. The van der Waals surface area contributed by atoms with Crippen LogP contribution in [-0.4, -0.2) is 30.1 Å². The molecule has 0 radical (unpaired) electrons. The summed E-state index contributed by atoms with van der Waals surface area (Å²) in [5, 5.41) is 4.99. The van der Waals surface area contributed by atoms with Crippen molar-refractivity contribution in [3.8, 4) is 5.75 Å². The Hall–Kier alpha value is -2.41. The van der Waals surface area contributed by atoms with Gasteiger partial charge in [0.15, 0.2) is 5.13 Å². The van der Waals surface area contributed by atoms with Crippen molar-refractivity contribution in [1.29, 1.82) is 0 Å². The summed E-state index contributed by atoms with van der Waals surface area (Å²) in [6.45, 7) is 4.74. The number of benzene rings is 1. The van der Waals surface area contributed by atoms with E-state index in [1.807, 2.05) is 12.1 Å². The minimum absolute atomic E-state index is 0.116. The highest BCUT2D eigenvalue weighted by Gasteiger charge is 2.10. The Morgan fingerprint density at radius 1 is 1.19 bits per heavy atom. The first-order valence-electron chi connectivity index (χ1n) is 9.22. The van der Waals surface area contributed by atoms with Gasteiger partial charge in [0, 0.05) is 11.8 Å². The lowest BCUT2D eigenvalue weighted by Crippen LogP contribution is -2.13. The van der Waals surface area contributed by atoms with Gasteiger partial charge in [0.1, 0.15) is 5.75 Å². The SMILES string of the molecule is CCCc1ccc(OCCCC(=O)Nc2nc(CC(=O)OCC)cs2)cc1. The summed E-state index contributed by atoms with van der Waals surface area (Å²) in [7, 11) is 0. The summed E-state index contributed by atoms with van der Waals surface area (Å²) in [6, 6.07) is 8.07. The number of esters is 1. The molecule has 0 spiro atoms. The quantitative estimate of drug-likeness (QED) is 0.463. The number of nitrogens with zero attached hydrogens (tertiary/aromatic N) is 1. The minimum Gasteiger partial charge on any atom is -0.494 e. The minimum atomic E-state index is -0.319. The number of nitrogens with one attached hydrogen (secondary N) is 1. The number of hydrogen-bond donors (Lipinski definition) is 1. The van der Waals surface area contributed by atoms with Gasteiger partial charge in [-0.25, -0.2) is 4.98 Å². The zero-order chi connectivity index (χ0) is 19.5. The Kier molecular flexibility index (Phi) is 8.77. The van der Waals surface area contributed by atoms with E-state index in [2.05, 4.69) is 29.4 Å². The van der Waals surface area contributed by atoms with Crippen LogP contribution in [0.3, 0.4) is 0 Å². The van der Waals surface area contributed by atoms with Crippen molar-refractivity contribution >= 4 is 28.3 Å². The molecule has 27 heavy (non-hydrogen) atoms. The van der Waals surface area contributed by atoms with Gasteiger partial charge in [0.2, 0.25) is 5.91 Å². The predicted molar refractivity (Wildman–Crippen MR) is 106 cm³/mol. The van der Waals surface area contributed by atoms with E-state index < -0.39 is 0 Å². The lowest BCUT2D eigenvalue weighted by molar-refractivity contribution is -0.142. The summed E-state index contributed by atoms with van der Waals surface area (Å²) < 4.78 is 10.5. The Morgan fingerprint density at radius 3 is 2.67 bits per heavy atom. The van der Waals surface area contributed by atoms with Crippen molar-refractivity contribution in [2.24, 2.45) is 0 Å². The third-order valence-corrected chi connectivity index (χ3v) is 4.51. The van der Waals surface area contributed by atoms with Gasteiger partial charge in [-0.05, 0) is 37.5 Å². The molecule has 0 unspecified atom stereocenters. The first kappa shape index (κ1) is 20.9. The standard InChI is InChI=1S/C20H26N2O4S/c1-3-6-15-8-10-17(11-9-15)26-12-5-7-18(23)22-20-21-16(14-27-20)13-19(24)25-4-2/h8-11,14H,3-7,12-13H2,1-2H3,(H,21,22,23). The van der Waals surface area contributed by atoms with Gasteiger partial charge in [-0.1, -0.05) is 25.5 Å². The fourth-order valence-electron chi connectivity index (χ4n) is 2.45. The summed E-state index contributed by atoms with van der Waals surface area (Å²) in [5.74, 6) is 0.383. The number of hydrogen-bond acceptors (Lipinski definition) is 6. The molecular formula is C20H26N2O4S. The molecule has 0 atom stereocenters. The van der Waals surface area contributed by atoms with Crippen molar-refractivity contribution in [1.82, 2.24) is 4.98 Å². The Bertz CT molecular complexity index is 728. The van der Waals surface area contributed by atoms with Crippen molar-refractivity contribution in [3.05, 3.63) is 40.9 Å². The Balaban J connectivity index is 1.66. The van der Waals surface area contributed by atoms with Gasteiger partial charge < -0.3 is 14.8 Å². The van der Waals surface area contributed by atoms with Gasteiger partial charge in [0.25, 0.3) is 0 Å². The molecule has 1 aromatic heterocycles. The third-order valence-electron chi connectivity index (χ3n) is 3.71. The summed E-state index contributed by atoms with van der Waals surface area (Å²) >= 11 is 1.30. The van der Waals surface area contributed by atoms with Crippen LogP contribution in [0.25, 0.3) is 0 Å². The average molecular weight is 391 g/mol. The predicted octanol–water partition coefficient (Wildman–Crippen LogP) is 4.00. The van der Waals surface area contributed by atoms with E-state index in [0.29, 0.717) is 36.9 Å². The second-order valence-electron chi connectivity index (χ2n) is 6.02. The number of anilines is 1. The molecule has 1 aromatic carbocycles. The van der Waals surface area contributed by atoms with Crippen LogP contribution in [0.1, 0.15) is 44.4 Å². The molecule has 1 heterocycles. The average Bonchev–Trinajstić information content (AvgIpc) is 3.07. The zero-order valence-electron chi connectivity index (χ0n) is 15.8. The summed E-state index contributed by atoms with van der Waals surface area (Å²) in [6.07, 6.45) is 3.27. The van der Waals surface area contributed by atoms with Crippen molar-refractivity contribution < 1.29 is 19.1 Å². The topological polar surface area (TPSA) is 77.5 Å². The number of aromatic nitrogens is 1. The van der Waals surface area contributed by atoms with Crippen LogP contribution in [0.2, 0.25) is 0 Å². The number of rotatable bonds is 11. The summed E-state index contributed by atoms with van der Waals surface area (Å²) in [5.41, 5.74) is 1.90. The van der Waals surface area contributed by atoms with Crippen LogP contribution in [0.15, 0.2) is 29.6 Å². The Labute approximate surface area is 163 Å². The molecule has 1 N–H and O–H groups in total. The molecule has 0 saturated carbocycles. The molecule has 6 nitrogen and oxygen atoms in total. The van der Waals surface area contributed by atoms with E-state index in [0.717, 1.165) is 18.6 Å². The lowest BCUT2D eigenvalue weighted by Gasteiger charge is -2.07. The molecule has 0 fully saturated rings. The Morgan fingerprint density at radius 2 is 1.96 bits per heavy atom. The van der Waals surface area contributed by atoms with Crippen LogP contribution in [-0.2, 0) is 27.2 Å². The number of thiazole rings is 1. The number of amides is 1. The molecule has 7 heteroatoms. The van der Waals surface area contributed by atoms with Crippen LogP contribution in [0.5, 0.6) is 5.75 Å². The van der Waals surface area contributed by atoms with Gasteiger partial charge in [0.05, 0.1) is 25.3 Å². The molecule has 1 amide bonds. The maximum atomic E-state index is 12.0. The van der Waals surface area contributed by atoms with Gasteiger partial charge >= 0.3 is 5.97 Å². The van der Waals surface area contributed by atoms with Gasteiger partial charge in [-0.3, -0.25) is 9.59 Å². The van der Waals surface area contributed by atoms with E-state index in [1.165, 1.54) is 16.9 Å². The second-order valence-corrected chi connectivity index (χ2v) is 6.88. The monoisotopic (exact) mass is 390 g/mol. The van der Waals surface area contributed by atoms with Crippen molar-refractivity contribution in [3.63, 3.8) is 0 Å². The maximum Gasteiger partial charge on any atom is 0.311 e. The molecular weight excluding hydrogens is 364 g/mol. The van der Waals surface area contributed by atoms with E-state index >= 15 is 0 Å². The zero-order valence-corrected chi connectivity index (χ0v) is 16.6. The highest BCUT2D eigenvalue weighted by Crippen LogP contribution is 2.17. The van der Waals surface area contributed by atoms with Crippen molar-refractivity contribution in [2.75, 3.05) is 18.5 Å². The smallest absolute Gasteiger partial charge is 0.311 e. The molecule has 0 aliphatic carbocycles. The fraction of sp³-hybridized carbons (Fsp3) is 0.450. The van der Waals surface area contributed by atoms with Crippen LogP contribution in [0, 0.1) is 0 Å². The fourth-order valence-corrected chi connectivity index (χ4v) is 3.18. The summed E-state index contributed by atoms with van der Waals surface area (Å²) in [4.78, 5) is 27.6. The van der Waals surface area contributed by atoms with E-state index in [1.54, 1.807) is 12.3 Å². The van der Waals surface area contributed by atoms with Crippen LogP contribution < -0.4 is 10.1 Å². The number of aryl methyl sites for hydroxylation is 1. The first-order valence-corrected chi connectivity index (χ1v) is 10.1. The molecule has 2 aromatic rings. The van der Waals surface area contributed by atoms with Crippen molar-refractivity contribution in [2.45, 2.75) is 46.0 Å². The number of carbonyl (C=O) groups excluding carboxylic acids is 2. The lowest BCUT2D eigenvalue weighted by atomic mass is 10.1. The molecule has 146 valence electrons. The molecule has 2 rings (SSSR count). The molecule has 0 bridgehead atoms. The van der Waals surface area contributed by atoms with Gasteiger partial charge in [-0.15, -0.1) is 11.3 Å². The first-order chi connectivity index (χ1) is 13.1. The number of ether oxygens (including phenoxy) is 2. The molecule has 0 aliphatic rings. The van der Waals surface area contributed by atoms with Crippen LogP contribution in [0.4, 0.5) is 5.13 Å². The van der Waals surface area contributed by atoms with E-state index in [9.17, 15) is 9.59 Å². The van der Waals surface area contributed by atoms with Crippen LogP contribution >= 0.6 is 11.3 Å². The highest BCUT2D eigenvalue weighted by molar-refractivity contribution is 7.13. The van der Waals surface area contributed by atoms with E-state index in [4.69, 9.17) is 9.47 Å².